The second kappa shape index (κ2) is 5.14. The highest BCUT2D eigenvalue weighted by Crippen LogP contribution is 2.11. The molecule has 1 aromatic rings. The zero-order chi connectivity index (χ0) is 12.3. The van der Waals surface area contributed by atoms with Crippen LogP contribution < -0.4 is 11.1 Å². The average molecular weight is 234 g/mol. The number of carbonyl (C=O) groups excluding carboxylic acids is 1. The standard InChI is InChI=1S/C12H18N4O/c1-16-7-3-4-9(8-16)15-12(17)10-5-2-6-14-11(10)13/h2,5-6,9H,3-4,7-8H2,1H3,(H2,13,14)(H,15,17). The number of nitrogens with two attached hydrogens (primary N) is 1. The number of nitrogen functional groups attached to an aromatic ring is 1. The zero-order valence-corrected chi connectivity index (χ0v) is 10.0. The summed E-state index contributed by atoms with van der Waals surface area (Å²) in [6.45, 7) is 1.99. The maximum absolute atomic E-state index is 12.0. The number of rotatable bonds is 2. The Morgan fingerprint density at radius 2 is 2.47 bits per heavy atom. The van der Waals surface area contributed by atoms with E-state index in [0.29, 0.717) is 5.56 Å². The summed E-state index contributed by atoms with van der Waals surface area (Å²) in [7, 11) is 2.07. The molecule has 17 heavy (non-hydrogen) atoms. The van der Waals surface area contributed by atoms with Crippen molar-refractivity contribution in [2.24, 2.45) is 0 Å². The summed E-state index contributed by atoms with van der Waals surface area (Å²) in [5, 5.41) is 3.01. The van der Waals surface area contributed by atoms with Gasteiger partial charge < -0.3 is 16.0 Å². The van der Waals surface area contributed by atoms with Crippen molar-refractivity contribution in [2.75, 3.05) is 25.9 Å². The largest absolute Gasteiger partial charge is 0.383 e. The highest BCUT2D eigenvalue weighted by molar-refractivity contribution is 5.98. The van der Waals surface area contributed by atoms with Crippen molar-refractivity contribution in [1.82, 2.24) is 15.2 Å². The summed E-state index contributed by atoms with van der Waals surface area (Å²) in [6, 6.07) is 3.63. The van der Waals surface area contributed by atoms with Gasteiger partial charge in [-0.25, -0.2) is 4.98 Å². The van der Waals surface area contributed by atoms with Crippen molar-refractivity contribution in [2.45, 2.75) is 18.9 Å². The lowest BCUT2D eigenvalue weighted by Crippen LogP contribution is -2.46. The van der Waals surface area contributed by atoms with Crippen LogP contribution in [-0.2, 0) is 0 Å². The fourth-order valence-electron chi connectivity index (χ4n) is 2.16. The molecule has 0 aromatic carbocycles. The number of amides is 1. The Morgan fingerprint density at radius 3 is 3.18 bits per heavy atom. The molecule has 0 aliphatic carbocycles. The van der Waals surface area contributed by atoms with Gasteiger partial charge in [0, 0.05) is 18.8 Å². The van der Waals surface area contributed by atoms with Crippen molar-refractivity contribution in [3.63, 3.8) is 0 Å². The van der Waals surface area contributed by atoms with Gasteiger partial charge >= 0.3 is 0 Å². The Labute approximate surface area is 101 Å². The quantitative estimate of drug-likeness (QED) is 0.781. The lowest BCUT2D eigenvalue weighted by Gasteiger charge is -2.30. The van der Waals surface area contributed by atoms with Crippen LogP contribution in [0.1, 0.15) is 23.2 Å². The monoisotopic (exact) mass is 234 g/mol. The van der Waals surface area contributed by atoms with Gasteiger partial charge in [-0.15, -0.1) is 0 Å². The van der Waals surface area contributed by atoms with Crippen molar-refractivity contribution < 1.29 is 4.79 Å². The molecule has 1 aliphatic rings. The molecule has 0 spiro atoms. The SMILES string of the molecule is CN1CCCC(NC(=O)c2cccnc2N)C1. The molecule has 0 bridgehead atoms. The van der Waals surface area contributed by atoms with Gasteiger partial charge in [-0.05, 0) is 38.6 Å². The number of carbonyl (C=O) groups is 1. The molecule has 2 heterocycles. The van der Waals surface area contributed by atoms with Gasteiger partial charge in [0.15, 0.2) is 0 Å². The molecule has 5 nitrogen and oxygen atoms in total. The fourth-order valence-corrected chi connectivity index (χ4v) is 2.16. The molecule has 2 rings (SSSR count). The molecule has 1 saturated heterocycles. The molecule has 0 radical (unpaired) electrons. The first kappa shape index (κ1) is 11.9. The summed E-state index contributed by atoms with van der Waals surface area (Å²) in [5.74, 6) is 0.157. The Morgan fingerprint density at radius 1 is 1.65 bits per heavy atom. The van der Waals surface area contributed by atoms with Crippen molar-refractivity contribution in [3.8, 4) is 0 Å². The smallest absolute Gasteiger partial charge is 0.255 e. The van der Waals surface area contributed by atoms with E-state index in [0.717, 1.165) is 25.9 Å². The van der Waals surface area contributed by atoms with E-state index in [4.69, 9.17) is 5.73 Å². The van der Waals surface area contributed by atoms with Crippen LogP contribution >= 0.6 is 0 Å². The first-order valence-electron chi connectivity index (χ1n) is 5.86. The number of hydrogen-bond donors (Lipinski definition) is 2. The van der Waals surface area contributed by atoms with Crippen molar-refractivity contribution >= 4 is 11.7 Å². The maximum atomic E-state index is 12.0. The van der Waals surface area contributed by atoms with E-state index < -0.39 is 0 Å². The van der Waals surface area contributed by atoms with Crippen LogP contribution in [0.5, 0.6) is 0 Å². The molecule has 1 aromatic heterocycles. The van der Waals surface area contributed by atoms with Gasteiger partial charge in [0.25, 0.3) is 5.91 Å². The van der Waals surface area contributed by atoms with E-state index >= 15 is 0 Å². The lowest BCUT2D eigenvalue weighted by atomic mass is 10.1. The summed E-state index contributed by atoms with van der Waals surface area (Å²) < 4.78 is 0. The number of aromatic nitrogens is 1. The number of pyridine rings is 1. The van der Waals surface area contributed by atoms with E-state index in [-0.39, 0.29) is 17.8 Å². The molecule has 92 valence electrons. The topological polar surface area (TPSA) is 71.2 Å². The third-order valence-electron chi connectivity index (χ3n) is 3.04. The third kappa shape index (κ3) is 2.94. The zero-order valence-electron chi connectivity index (χ0n) is 10.0. The minimum absolute atomic E-state index is 0.129. The number of nitrogens with zero attached hydrogens (tertiary/aromatic N) is 2. The van der Waals surface area contributed by atoms with Crippen LogP contribution in [0, 0.1) is 0 Å². The minimum atomic E-state index is -0.129. The van der Waals surface area contributed by atoms with E-state index in [1.807, 2.05) is 0 Å². The molecule has 3 N–H and O–H groups in total. The van der Waals surface area contributed by atoms with Gasteiger partial charge in [0.1, 0.15) is 5.82 Å². The fraction of sp³-hybridized carbons (Fsp3) is 0.500. The molecule has 5 heteroatoms. The molecule has 1 unspecified atom stereocenters. The number of anilines is 1. The Balaban J connectivity index is 1.99. The second-order valence-corrected chi connectivity index (χ2v) is 4.51. The van der Waals surface area contributed by atoms with E-state index in [9.17, 15) is 4.79 Å². The first-order valence-corrected chi connectivity index (χ1v) is 5.86. The van der Waals surface area contributed by atoms with Gasteiger partial charge in [-0.1, -0.05) is 0 Å². The Bertz CT molecular complexity index is 407. The van der Waals surface area contributed by atoms with Gasteiger partial charge in [-0.2, -0.15) is 0 Å². The maximum Gasteiger partial charge on any atom is 0.255 e. The molecule has 1 amide bonds. The van der Waals surface area contributed by atoms with E-state index in [1.54, 1.807) is 18.3 Å². The van der Waals surface area contributed by atoms with Crippen molar-refractivity contribution in [1.29, 1.82) is 0 Å². The number of nitrogens with one attached hydrogen (secondary N) is 1. The molecular weight excluding hydrogens is 216 g/mol. The van der Waals surface area contributed by atoms with Crippen LogP contribution in [0.4, 0.5) is 5.82 Å². The average Bonchev–Trinajstić information content (AvgIpc) is 2.29. The molecule has 1 fully saturated rings. The van der Waals surface area contributed by atoms with Crippen LogP contribution in [0.15, 0.2) is 18.3 Å². The molecule has 1 atom stereocenters. The van der Waals surface area contributed by atoms with Crippen LogP contribution in [0.2, 0.25) is 0 Å². The van der Waals surface area contributed by atoms with Crippen molar-refractivity contribution in [3.05, 3.63) is 23.9 Å². The number of likely N-dealkylation sites (N-methyl/N-ethyl adjacent to an activating group) is 1. The highest BCUT2D eigenvalue weighted by Gasteiger charge is 2.20. The number of likely N-dealkylation sites (tertiary alicyclic amines) is 1. The van der Waals surface area contributed by atoms with Gasteiger partial charge in [-0.3, -0.25) is 4.79 Å². The number of hydrogen-bond acceptors (Lipinski definition) is 4. The second-order valence-electron chi connectivity index (χ2n) is 4.51. The summed E-state index contributed by atoms with van der Waals surface area (Å²) >= 11 is 0. The Kier molecular flexibility index (Phi) is 3.58. The van der Waals surface area contributed by atoms with Crippen LogP contribution in [-0.4, -0.2) is 42.0 Å². The number of piperidine rings is 1. The van der Waals surface area contributed by atoms with Crippen LogP contribution in [0.3, 0.4) is 0 Å². The minimum Gasteiger partial charge on any atom is -0.383 e. The van der Waals surface area contributed by atoms with Gasteiger partial charge in [0.05, 0.1) is 5.56 Å². The summed E-state index contributed by atoms with van der Waals surface area (Å²) in [5.41, 5.74) is 6.13. The molecule has 0 saturated carbocycles. The first-order chi connectivity index (χ1) is 8.16. The molecule has 1 aliphatic heterocycles. The van der Waals surface area contributed by atoms with Gasteiger partial charge in [0.2, 0.25) is 0 Å². The Hall–Kier alpha value is -1.62. The van der Waals surface area contributed by atoms with E-state index in [1.165, 1.54) is 0 Å². The summed E-state index contributed by atoms with van der Waals surface area (Å²) in [6.07, 6.45) is 3.72. The van der Waals surface area contributed by atoms with Crippen LogP contribution in [0.25, 0.3) is 0 Å². The molecular formula is C12H18N4O. The highest BCUT2D eigenvalue weighted by atomic mass is 16.1. The normalized spacial score (nSPS) is 21.1. The summed E-state index contributed by atoms with van der Waals surface area (Å²) in [4.78, 5) is 18.1. The third-order valence-corrected chi connectivity index (χ3v) is 3.04. The van der Waals surface area contributed by atoms with E-state index in [2.05, 4.69) is 22.2 Å². The predicted octanol–water partition coefficient (Wildman–Crippen LogP) is 0.488. The predicted molar refractivity (Wildman–Crippen MR) is 66.6 cm³/mol. The lowest BCUT2D eigenvalue weighted by molar-refractivity contribution is 0.0913.